The number of pyridine rings is 1. The maximum atomic E-state index is 12.8. The van der Waals surface area contributed by atoms with Gasteiger partial charge in [-0.3, -0.25) is 4.98 Å². The summed E-state index contributed by atoms with van der Waals surface area (Å²) in [5.74, 6) is -0.696. The lowest BCUT2D eigenvalue weighted by Gasteiger charge is -2.05. The van der Waals surface area contributed by atoms with Crippen LogP contribution in [-0.4, -0.2) is 31.7 Å². The minimum atomic E-state index is -3.70. The Hall–Kier alpha value is -1.05. The van der Waals surface area contributed by atoms with Crippen molar-refractivity contribution < 1.29 is 17.9 Å². The van der Waals surface area contributed by atoms with E-state index in [4.69, 9.17) is 5.11 Å². The SMILES string of the molecule is O=S(=O)(NCCCCO)c1cncc(F)c1. The molecule has 0 spiro atoms. The highest BCUT2D eigenvalue weighted by molar-refractivity contribution is 7.89. The van der Waals surface area contributed by atoms with Crippen LogP contribution in [0.2, 0.25) is 0 Å². The number of hydrogen-bond donors (Lipinski definition) is 2. The molecule has 90 valence electrons. The third-order valence-electron chi connectivity index (χ3n) is 1.87. The maximum Gasteiger partial charge on any atom is 0.242 e. The number of hydrogen-bond acceptors (Lipinski definition) is 4. The number of halogens is 1. The minimum absolute atomic E-state index is 0.0171. The van der Waals surface area contributed by atoms with Gasteiger partial charge >= 0.3 is 0 Å². The van der Waals surface area contributed by atoms with Gasteiger partial charge in [0.1, 0.15) is 10.7 Å². The fourth-order valence-electron chi connectivity index (χ4n) is 1.07. The molecule has 0 saturated heterocycles. The molecule has 0 bridgehead atoms. The van der Waals surface area contributed by atoms with E-state index in [9.17, 15) is 12.8 Å². The smallest absolute Gasteiger partial charge is 0.242 e. The molecule has 7 heteroatoms. The number of nitrogens with one attached hydrogen (secondary N) is 1. The van der Waals surface area contributed by atoms with E-state index in [0.717, 1.165) is 18.5 Å². The van der Waals surface area contributed by atoms with Crippen molar-refractivity contribution in [2.75, 3.05) is 13.2 Å². The molecule has 1 aromatic rings. The van der Waals surface area contributed by atoms with E-state index in [1.165, 1.54) is 0 Å². The molecule has 16 heavy (non-hydrogen) atoms. The Morgan fingerprint density at radius 3 is 2.75 bits per heavy atom. The first kappa shape index (κ1) is 13.0. The van der Waals surface area contributed by atoms with E-state index in [1.807, 2.05) is 0 Å². The Morgan fingerprint density at radius 1 is 1.38 bits per heavy atom. The van der Waals surface area contributed by atoms with Crippen molar-refractivity contribution >= 4 is 10.0 Å². The van der Waals surface area contributed by atoms with E-state index in [0.29, 0.717) is 12.8 Å². The highest BCUT2D eigenvalue weighted by Gasteiger charge is 2.14. The normalized spacial score (nSPS) is 11.6. The van der Waals surface area contributed by atoms with Crippen LogP contribution in [0.4, 0.5) is 4.39 Å². The molecule has 1 rings (SSSR count). The van der Waals surface area contributed by atoms with E-state index in [-0.39, 0.29) is 18.0 Å². The number of aliphatic hydroxyl groups is 1. The van der Waals surface area contributed by atoms with E-state index < -0.39 is 15.8 Å². The van der Waals surface area contributed by atoms with Gasteiger partial charge in [-0.15, -0.1) is 0 Å². The van der Waals surface area contributed by atoms with Gasteiger partial charge in [-0.1, -0.05) is 0 Å². The van der Waals surface area contributed by atoms with Crippen LogP contribution < -0.4 is 4.72 Å². The fourth-order valence-corrected chi connectivity index (χ4v) is 2.11. The summed E-state index contributed by atoms with van der Waals surface area (Å²) >= 11 is 0. The van der Waals surface area contributed by atoms with Crippen molar-refractivity contribution in [3.05, 3.63) is 24.3 Å². The van der Waals surface area contributed by atoms with Crippen molar-refractivity contribution in [1.82, 2.24) is 9.71 Å². The number of aromatic nitrogens is 1. The topological polar surface area (TPSA) is 79.3 Å². The van der Waals surface area contributed by atoms with E-state index in [1.54, 1.807) is 0 Å². The van der Waals surface area contributed by atoms with Crippen LogP contribution in [0.15, 0.2) is 23.4 Å². The van der Waals surface area contributed by atoms with Crippen molar-refractivity contribution in [2.45, 2.75) is 17.7 Å². The first-order chi connectivity index (χ1) is 7.56. The van der Waals surface area contributed by atoms with E-state index in [2.05, 4.69) is 9.71 Å². The second-order valence-electron chi connectivity index (χ2n) is 3.17. The zero-order chi connectivity index (χ0) is 12.0. The number of sulfonamides is 1. The second kappa shape index (κ2) is 5.88. The Morgan fingerprint density at radius 2 is 2.12 bits per heavy atom. The predicted octanol–water partition coefficient (Wildman–Crippen LogP) is 0.271. The second-order valence-corrected chi connectivity index (χ2v) is 4.93. The van der Waals surface area contributed by atoms with Crippen molar-refractivity contribution in [3.8, 4) is 0 Å². The summed E-state index contributed by atoms with van der Waals surface area (Å²) in [5.41, 5.74) is 0. The number of nitrogens with zero attached hydrogens (tertiary/aromatic N) is 1. The standard InChI is InChI=1S/C9H13FN2O3S/c10-8-5-9(7-11-6-8)16(14,15)12-3-1-2-4-13/h5-7,12-13H,1-4H2. The van der Waals surface area contributed by atoms with Gasteiger partial charge in [-0.2, -0.15) is 0 Å². The molecule has 0 aliphatic carbocycles. The summed E-state index contributed by atoms with van der Waals surface area (Å²) in [6, 6.07) is 0.904. The molecule has 0 atom stereocenters. The lowest BCUT2D eigenvalue weighted by atomic mass is 10.3. The molecule has 2 N–H and O–H groups in total. The Bertz CT molecular complexity index is 436. The highest BCUT2D eigenvalue weighted by atomic mass is 32.2. The minimum Gasteiger partial charge on any atom is -0.396 e. The molecular weight excluding hydrogens is 235 g/mol. The highest BCUT2D eigenvalue weighted by Crippen LogP contribution is 2.08. The lowest BCUT2D eigenvalue weighted by molar-refractivity contribution is 0.285. The fraction of sp³-hybridized carbons (Fsp3) is 0.444. The first-order valence-electron chi connectivity index (χ1n) is 4.77. The molecule has 0 aliphatic heterocycles. The molecule has 0 unspecified atom stereocenters. The van der Waals surface area contributed by atoms with Crippen LogP contribution in [0.25, 0.3) is 0 Å². The maximum absolute atomic E-state index is 12.8. The Balaban J connectivity index is 2.64. The predicted molar refractivity (Wildman–Crippen MR) is 55.7 cm³/mol. The molecule has 0 radical (unpaired) electrons. The van der Waals surface area contributed by atoms with Gasteiger partial charge in [-0.25, -0.2) is 17.5 Å². The van der Waals surface area contributed by atoms with Gasteiger partial charge in [0, 0.05) is 19.3 Å². The first-order valence-corrected chi connectivity index (χ1v) is 6.25. The molecule has 1 heterocycles. The Labute approximate surface area is 93.4 Å². The molecule has 0 aromatic carbocycles. The molecule has 1 aromatic heterocycles. The summed E-state index contributed by atoms with van der Waals surface area (Å²) in [5, 5.41) is 8.51. The lowest BCUT2D eigenvalue weighted by Crippen LogP contribution is -2.25. The van der Waals surface area contributed by atoms with Gasteiger partial charge in [-0.05, 0) is 18.9 Å². The number of rotatable bonds is 6. The summed E-state index contributed by atoms with van der Waals surface area (Å²) in [7, 11) is -3.70. The van der Waals surface area contributed by atoms with Crippen LogP contribution in [0.3, 0.4) is 0 Å². The van der Waals surface area contributed by atoms with Gasteiger partial charge < -0.3 is 5.11 Å². The van der Waals surface area contributed by atoms with Crippen LogP contribution in [0.5, 0.6) is 0 Å². The quantitative estimate of drug-likeness (QED) is 0.708. The average Bonchev–Trinajstić information content (AvgIpc) is 2.24. The van der Waals surface area contributed by atoms with Crippen molar-refractivity contribution in [2.24, 2.45) is 0 Å². The molecular formula is C9H13FN2O3S. The van der Waals surface area contributed by atoms with Gasteiger partial charge in [0.05, 0.1) is 6.20 Å². The summed E-state index contributed by atoms with van der Waals surface area (Å²) < 4.78 is 38.2. The van der Waals surface area contributed by atoms with Gasteiger partial charge in [0.2, 0.25) is 10.0 Å². The van der Waals surface area contributed by atoms with Crippen LogP contribution in [0, 0.1) is 5.82 Å². The Kier molecular flexibility index (Phi) is 4.78. The average molecular weight is 248 g/mol. The third-order valence-corrected chi connectivity index (χ3v) is 3.30. The van der Waals surface area contributed by atoms with Crippen LogP contribution in [0.1, 0.15) is 12.8 Å². The van der Waals surface area contributed by atoms with E-state index >= 15 is 0 Å². The monoisotopic (exact) mass is 248 g/mol. The zero-order valence-corrected chi connectivity index (χ0v) is 9.37. The van der Waals surface area contributed by atoms with Gasteiger partial charge in [0.15, 0.2) is 0 Å². The largest absolute Gasteiger partial charge is 0.396 e. The van der Waals surface area contributed by atoms with Crippen molar-refractivity contribution in [1.29, 1.82) is 0 Å². The summed E-state index contributed by atoms with van der Waals surface area (Å²) in [4.78, 5) is 3.26. The van der Waals surface area contributed by atoms with Crippen LogP contribution in [-0.2, 0) is 10.0 Å². The zero-order valence-electron chi connectivity index (χ0n) is 8.56. The number of aliphatic hydroxyl groups excluding tert-OH is 1. The van der Waals surface area contributed by atoms with Gasteiger partial charge in [0.25, 0.3) is 0 Å². The summed E-state index contributed by atoms with van der Waals surface area (Å²) in [6.45, 7) is 0.225. The molecule has 5 nitrogen and oxygen atoms in total. The molecule has 0 amide bonds. The third kappa shape index (κ3) is 3.84. The molecule has 0 saturated carbocycles. The molecule has 0 fully saturated rings. The summed E-state index contributed by atoms with van der Waals surface area (Å²) in [6.07, 6.45) is 3.06. The molecule has 0 aliphatic rings. The number of unbranched alkanes of at least 4 members (excludes halogenated alkanes) is 1. The van der Waals surface area contributed by atoms with Crippen molar-refractivity contribution in [3.63, 3.8) is 0 Å². The van der Waals surface area contributed by atoms with Crippen LogP contribution >= 0.6 is 0 Å².